The highest BCUT2D eigenvalue weighted by molar-refractivity contribution is 5.88. The fourth-order valence-corrected chi connectivity index (χ4v) is 1.20. The third-order valence-electron chi connectivity index (χ3n) is 2.45. The van der Waals surface area contributed by atoms with Crippen LogP contribution in [-0.4, -0.2) is 52.9 Å². The first-order valence-corrected chi connectivity index (χ1v) is 5.65. The zero-order valence-electron chi connectivity index (χ0n) is 9.97. The van der Waals surface area contributed by atoms with Crippen molar-refractivity contribution >= 4 is 17.9 Å². The molecule has 0 heterocycles. The molecule has 1 rings (SSSR count). The lowest BCUT2D eigenvalue weighted by atomic mass is 10.3. The molecule has 1 aliphatic rings. The van der Waals surface area contributed by atoms with Crippen molar-refractivity contribution < 1.29 is 24.6 Å². The fraction of sp³-hybridized carbons (Fsp3) is 0.700. The van der Waals surface area contributed by atoms with Gasteiger partial charge in [-0.15, -0.1) is 0 Å². The molecule has 1 fully saturated rings. The van der Waals surface area contributed by atoms with Crippen LogP contribution in [0.5, 0.6) is 0 Å². The molecule has 8 nitrogen and oxygen atoms in total. The highest BCUT2D eigenvalue weighted by Gasteiger charge is 2.27. The summed E-state index contributed by atoms with van der Waals surface area (Å²) in [6.07, 6.45) is 1.88. The maximum absolute atomic E-state index is 11.5. The highest BCUT2D eigenvalue weighted by Crippen LogP contribution is 2.18. The van der Waals surface area contributed by atoms with Gasteiger partial charge in [0.2, 0.25) is 5.91 Å². The Labute approximate surface area is 104 Å². The van der Waals surface area contributed by atoms with Crippen LogP contribution in [0.2, 0.25) is 0 Å². The number of nitrogens with one attached hydrogen (secondary N) is 3. The van der Waals surface area contributed by atoms with Gasteiger partial charge in [-0.1, -0.05) is 0 Å². The van der Waals surface area contributed by atoms with E-state index in [0.29, 0.717) is 0 Å². The summed E-state index contributed by atoms with van der Waals surface area (Å²) >= 11 is 0. The maximum atomic E-state index is 11.5. The number of aliphatic hydroxyl groups excluding tert-OH is 1. The predicted octanol–water partition coefficient (Wildman–Crippen LogP) is -1.60. The minimum atomic E-state index is -1.39. The second kappa shape index (κ2) is 6.20. The van der Waals surface area contributed by atoms with Gasteiger partial charge in [-0.25, -0.2) is 9.59 Å². The lowest BCUT2D eigenvalue weighted by Crippen LogP contribution is -2.53. The summed E-state index contributed by atoms with van der Waals surface area (Å²) in [5.74, 6) is -1.66. The Kier molecular flexibility index (Phi) is 4.90. The van der Waals surface area contributed by atoms with E-state index in [4.69, 9.17) is 10.2 Å². The number of urea groups is 1. The zero-order valence-corrected chi connectivity index (χ0v) is 9.97. The van der Waals surface area contributed by atoms with Crippen LogP contribution in [0, 0.1) is 0 Å². The van der Waals surface area contributed by atoms with E-state index < -0.39 is 30.7 Å². The largest absolute Gasteiger partial charge is 0.480 e. The number of carbonyl (C=O) groups excluding carboxylic acids is 2. The molecule has 2 atom stereocenters. The molecule has 0 radical (unpaired) electrons. The van der Waals surface area contributed by atoms with Gasteiger partial charge in [0.05, 0.1) is 6.61 Å². The van der Waals surface area contributed by atoms with E-state index in [-0.39, 0.29) is 11.9 Å². The first-order chi connectivity index (χ1) is 8.43. The van der Waals surface area contributed by atoms with Gasteiger partial charge in [0.15, 0.2) is 6.04 Å². The quantitative estimate of drug-likeness (QED) is 0.392. The average Bonchev–Trinajstić information content (AvgIpc) is 3.09. The van der Waals surface area contributed by atoms with E-state index in [1.165, 1.54) is 6.92 Å². The number of hydrogen-bond acceptors (Lipinski definition) is 4. The molecule has 0 aromatic carbocycles. The molecule has 0 bridgehead atoms. The summed E-state index contributed by atoms with van der Waals surface area (Å²) in [6, 6.07) is -2.77. The Hall–Kier alpha value is -1.83. The molecule has 5 N–H and O–H groups in total. The lowest BCUT2D eigenvalue weighted by Gasteiger charge is -2.16. The molecule has 0 aromatic heterocycles. The average molecular weight is 259 g/mol. The molecule has 0 aromatic rings. The third kappa shape index (κ3) is 4.58. The molecule has 1 saturated carbocycles. The molecule has 102 valence electrons. The Morgan fingerprint density at radius 1 is 1.28 bits per heavy atom. The van der Waals surface area contributed by atoms with E-state index in [1.54, 1.807) is 0 Å². The van der Waals surface area contributed by atoms with Gasteiger partial charge in [0, 0.05) is 6.04 Å². The third-order valence-corrected chi connectivity index (χ3v) is 2.45. The lowest BCUT2D eigenvalue weighted by molar-refractivity contribution is -0.140. The first kappa shape index (κ1) is 14.2. The van der Waals surface area contributed by atoms with Crippen molar-refractivity contribution in [3.8, 4) is 0 Å². The standard InChI is InChI=1S/C10H17N3O5/c1-5(8(15)12-6-2-3-6)11-10(18)13-7(4-14)9(16)17/h5-7,14H,2-4H2,1H3,(H,12,15)(H,16,17)(H2,11,13,18)/t5?,7-/m0/s1. The van der Waals surface area contributed by atoms with Crippen molar-refractivity contribution in [1.82, 2.24) is 16.0 Å². The molecule has 0 spiro atoms. The van der Waals surface area contributed by atoms with Crippen molar-refractivity contribution in [2.24, 2.45) is 0 Å². The summed E-state index contributed by atoms with van der Waals surface area (Å²) in [7, 11) is 0. The molecule has 18 heavy (non-hydrogen) atoms. The topological polar surface area (TPSA) is 128 Å². The Bertz CT molecular complexity index is 342. The van der Waals surface area contributed by atoms with E-state index in [1.807, 2.05) is 5.32 Å². The smallest absolute Gasteiger partial charge is 0.328 e. The highest BCUT2D eigenvalue weighted by atomic mass is 16.4. The number of rotatable bonds is 6. The molecule has 0 saturated heterocycles. The molecule has 3 amide bonds. The number of amides is 3. The van der Waals surface area contributed by atoms with Crippen LogP contribution >= 0.6 is 0 Å². The Morgan fingerprint density at radius 3 is 2.33 bits per heavy atom. The van der Waals surface area contributed by atoms with Gasteiger partial charge in [0.25, 0.3) is 0 Å². The minimum absolute atomic E-state index is 0.189. The van der Waals surface area contributed by atoms with Crippen LogP contribution in [0.25, 0.3) is 0 Å². The van der Waals surface area contributed by atoms with Crippen LogP contribution in [0.1, 0.15) is 19.8 Å². The van der Waals surface area contributed by atoms with Crippen molar-refractivity contribution in [1.29, 1.82) is 0 Å². The molecule has 8 heteroatoms. The summed E-state index contributed by atoms with van der Waals surface area (Å²) in [6.45, 7) is 0.775. The fourth-order valence-electron chi connectivity index (χ4n) is 1.20. The second-order valence-corrected chi connectivity index (χ2v) is 4.20. The number of carboxylic acids is 1. The summed E-state index contributed by atoms with van der Waals surface area (Å²) in [5, 5.41) is 24.4. The van der Waals surface area contributed by atoms with Crippen molar-refractivity contribution in [2.45, 2.75) is 37.9 Å². The molecular formula is C10H17N3O5. The maximum Gasteiger partial charge on any atom is 0.328 e. The van der Waals surface area contributed by atoms with Gasteiger partial charge in [-0.3, -0.25) is 4.79 Å². The van der Waals surface area contributed by atoms with E-state index in [0.717, 1.165) is 12.8 Å². The monoisotopic (exact) mass is 259 g/mol. The van der Waals surface area contributed by atoms with Gasteiger partial charge >= 0.3 is 12.0 Å². The Morgan fingerprint density at radius 2 is 1.89 bits per heavy atom. The minimum Gasteiger partial charge on any atom is -0.480 e. The van der Waals surface area contributed by atoms with Crippen LogP contribution in [-0.2, 0) is 9.59 Å². The van der Waals surface area contributed by atoms with E-state index >= 15 is 0 Å². The molecular weight excluding hydrogens is 242 g/mol. The number of carbonyl (C=O) groups is 3. The van der Waals surface area contributed by atoms with Crippen LogP contribution in [0.4, 0.5) is 4.79 Å². The normalized spacial score (nSPS) is 17.4. The summed E-state index contributed by atoms with van der Waals surface area (Å²) in [5.41, 5.74) is 0. The van der Waals surface area contributed by atoms with Gasteiger partial charge < -0.3 is 26.2 Å². The van der Waals surface area contributed by atoms with E-state index in [9.17, 15) is 14.4 Å². The number of hydrogen-bond donors (Lipinski definition) is 5. The van der Waals surface area contributed by atoms with Crippen molar-refractivity contribution in [3.05, 3.63) is 0 Å². The van der Waals surface area contributed by atoms with Crippen LogP contribution < -0.4 is 16.0 Å². The summed E-state index contributed by atoms with van der Waals surface area (Å²) in [4.78, 5) is 33.4. The first-order valence-electron chi connectivity index (χ1n) is 5.65. The second-order valence-electron chi connectivity index (χ2n) is 4.20. The van der Waals surface area contributed by atoms with Crippen LogP contribution in [0.3, 0.4) is 0 Å². The van der Waals surface area contributed by atoms with Crippen LogP contribution in [0.15, 0.2) is 0 Å². The van der Waals surface area contributed by atoms with Gasteiger partial charge in [-0.2, -0.15) is 0 Å². The Balaban J connectivity index is 2.33. The molecule has 1 unspecified atom stereocenters. The number of carboxylic acid groups (broad SMARTS) is 1. The zero-order chi connectivity index (χ0) is 13.7. The number of aliphatic carboxylic acids is 1. The number of aliphatic hydroxyl groups is 1. The summed E-state index contributed by atoms with van der Waals surface area (Å²) < 4.78 is 0. The predicted molar refractivity (Wildman–Crippen MR) is 60.8 cm³/mol. The molecule has 0 aliphatic heterocycles. The van der Waals surface area contributed by atoms with Crippen molar-refractivity contribution in [2.75, 3.05) is 6.61 Å². The van der Waals surface area contributed by atoms with Crippen molar-refractivity contribution in [3.63, 3.8) is 0 Å². The molecule has 1 aliphatic carbocycles. The van der Waals surface area contributed by atoms with E-state index in [2.05, 4.69) is 10.6 Å². The van der Waals surface area contributed by atoms with Gasteiger partial charge in [0.1, 0.15) is 6.04 Å². The SMILES string of the molecule is CC(NC(=O)N[C@@H](CO)C(=O)O)C(=O)NC1CC1. The van der Waals surface area contributed by atoms with Gasteiger partial charge in [-0.05, 0) is 19.8 Å².